The molecular weight excluding hydrogens is 364 g/mol. The van der Waals surface area contributed by atoms with Crippen molar-refractivity contribution >= 4 is 11.6 Å². The van der Waals surface area contributed by atoms with E-state index in [0.29, 0.717) is 23.4 Å². The Labute approximate surface area is 161 Å². The number of nitrogens with one attached hydrogen (secondary N) is 1. The normalized spacial score (nSPS) is 10.6. The third kappa shape index (κ3) is 5.07. The Bertz CT molecular complexity index is 928. The lowest BCUT2D eigenvalue weighted by Crippen LogP contribution is -2.13. The summed E-state index contributed by atoms with van der Waals surface area (Å²) in [6, 6.07) is 21.0. The molecule has 0 saturated carbocycles. The molecule has 0 aliphatic carbocycles. The van der Waals surface area contributed by atoms with Crippen molar-refractivity contribution in [3.05, 3.63) is 89.5 Å². The zero-order valence-corrected chi connectivity index (χ0v) is 15.2. The van der Waals surface area contributed by atoms with Crippen LogP contribution in [-0.2, 0) is 6.61 Å². The second kappa shape index (κ2) is 8.99. The van der Waals surface area contributed by atoms with Gasteiger partial charge in [0.1, 0.15) is 18.1 Å². The summed E-state index contributed by atoms with van der Waals surface area (Å²) in [6.45, 7) is -0.926. The van der Waals surface area contributed by atoms with E-state index in [1.54, 1.807) is 43.3 Å². The predicted molar refractivity (Wildman–Crippen MR) is 103 cm³/mol. The highest BCUT2D eigenvalue weighted by Gasteiger charge is 2.13. The zero-order chi connectivity index (χ0) is 19.9. The fourth-order valence-electron chi connectivity index (χ4n) is 2.60. The SMILES string of the molecule is Cc1c(NC(=O)c2ccc(COc3ccccc3)cc2)cccc1OC(F)F. The first-order chi connectivity index (χ1) is 13.5. The quantitative estimate of drug-likeness (QED) is 0.592. The number of para-hydroxylation sites is 1. The summed E-state index contributed by atoms with van der Waals surface area (Å²) in [6.07, 6.45) is 0. The molecule has 3 aromatic carbocycles. The van der Waals surface area contributed by atoms with Crippen LogP contribution in [0.25, 0.3) is 0 Å². The van der Waals surface area contributed by atoms with Crippen molar-refractivity contribution < 1.29 is 23.0 Å². The van der Waals surface area contributed by atoms with E-state index in [1.807, 2.05) is 30.3 Å². The van der Waals surface area contributed by atoms with Crippen LogP contribution in [0.15, 0.2) is 72.8 Å². The predicted octanol–water partition coefficient (Wildman–Crippen LogP) is 5.43. The van der Waals surface area contributed by atoms with E-state index in [-0.39, 0.29) is 11.7 Å². The van der Waals surface area contributed by atoms with Crippen LogP contribution in [0.5, 0.6) is 11.5 Å². The maximum absolute atomic E-state index is 12.5. The van der Waals surface area contributed by atoms with Gasteiger partial charge in [-0.2, -0.15) is 8.78 Å². The number of carbonyl (C=O) groups excluding carboxylic acids is 1. The average Bonchev–Trinajstić information content (AvgIpc) is 2.70. The summed E-state index contributed by atoms with van der Waals surface area (Å²) in [5, 5.41) is 2.72. The third-order valence-electron chi connectivity index (χ3n) is 4.11. The summed E-state index contributed by atoms with van der Waals surface area (Å²) in [5.74, 6) is 0.458. The molecule has 0 bridgehead atoms. The topological polar surface area (TPSA) is 47.6 Å². The average molecular weight is 383 g/mol. The lowest BCUT2D eigenvalue weighted by molar-refractivity contribution is -0.0502. The standard InChI is InChI=1S/C22H19F2NO3/c1-15-19(8-5-9-20(15)28-22(23)24)25-21(26)17-12-10-16(11-13-17)14-27-18-6-3-2-4-7-18/h2-13,22H,14H2,1H3,(H,25,26). The molecule has 0 saturated heterocycles. The minimum atomic E-state index is -2.92. The molecule has 0 atom stereocenters. The highest BCUT2D eigenvalue weighted by Crippen LogP contribution is 2.27. The van der Waals surface area contributed by atoms with Crippen LogP contribution in [0.4, 0.5) is 14.5 Å². The van der Waals surface area contributed by atoms with Gasteiger partial charge in [-0.05, 0) is 48.9 Å². The van der Waals surface area contributed by atoms with Crippen molar-refractivity contribution in [2.45, 2.75) is 20.1 Å². The molecule has 0 aromatic heterocycles. The van der Waals surface area contributed by atoms with Crippen molar-refractivity contribution in [1.82, 2.24) is 0 Å². The van der Waals surface area contributed by atoms with E-state index in [0.717, 1.165) is 11.3 Å². The van der Waals surface area contributed by atoms with Gasteiger partial charge < -0.3 is 14.8 Å². The van der Waals surface area contributed by atoms with Gasteiger partial charge in [0, 0.05) is 16.8 Å². The van der Waals surface area contributed by atoms with Crippen molar-refractivity contribution in [3.8, 4) is 11.5 Å². The number of amides is 1. The first-order valence-corrected chi connectivity index (χ1v) is 8.65. The molecule has 3 aromatic rings. The molecule has 0 fully saturated rings. The van der Waals surface area contributed by atoms with E-state index >= 15 is 0 Å². The molecule has 0 spiro atoms. The summed E-state index contributed by atoms with van der Waals surface area (Å²) in [5.41, 5.74) is 2.22. The fourth-order valence-corrected chi connectivity index (χ4v) is 2.60. The van der Waals surface area contributed by atoms with Crippen LogP contribution in [0.3, 0.4) is 0 Å². The molecule has 0 aliphatic rings. The number of anilines is 1. The van der Waals surface area contributed by atoms with Crippen molar-refractivity contribution in [2.75, 3.05) is 5.32 Å². The van der Waals surface area contributed by atoms with Crippen molar-refractivity contribution in [3.63, 3.8) is 0 Å². The first-order valence-electron chi connectivity index (χ1n) is 8.65. The van der Waals surface area contributed by atoms with Gasteiger partial charge in [-0.15, -0.1) is 0 Å². The van der Waals surface area contributed by atoms with Crippen LogP contribution in [-0.4, -0.2) is 12.5 Å². The van der Waals surface area contributed by atoms with E-state index < -0.39 is 6.61 Å². The highest BCUT2D eigenvalue weighted by atomic mass is 19.3. The fraction of sp³-hybridized carbons (Fsp3) is 0.136. The Morgan fingerprint density at radius 1 is 0.964 bits per heavy atom. The summed E-state index contributed by atoms with van der Waals surface area (Å²) >= 11 is 0. The van der Waals surface area contributed by atoms with E-state index in [4.69, 9.17) is 4.74 Å². The lowest BCUT2D eigenvalue weighted by atomic mass is 10.1. The van der Waals surface area contributed by atoms with Gasteiger partial charge in [-0.1, -0.05) is 36.4 Å². The van der Waals surface area contributed by atoms with Gasteiger partial charge >= 0.3 is 6.61 Å². The largest absolute Gasteiger partial charge is 0.489 e. The Morgan fingerprint density at radius 2 is 1.68 bits per heavy atom. The van der Waals surface area contributed by atoms with E-state index in [2.05, 4.69) is 10.1 Å². The molecule has 144 valence electrons. The van der Waals surface area contributed by atoms with Crippen LogP contribution < -0.4 is 14.8 Å². The summed E-state index contributed by atoms with van der Waals surface area (Å²) in [7, 11) is 0. The van der Waals surface area contributed by atoms with Gasteiger partial charge in [0.2, 0.25) is 0 Å². The molecule has 1 amide bonds. The molecular formula is C22H19F2NO3. The number of benzene rings is 3. The monoisotopic (exact) mass is 383 g/mol. The maximum Gasteiger partial charge on any atom is 0.387 e. The van der Waals surface area contributed by atoms with Gasteiger partial charge in [-0.25, -0.2) is 0 Å². The summed E-state index contributed by atoms with van der Waals surface area (Å²) < 4.78 is 35.0. The molecule has 4 nitrogen and oxygen atoms in total. The number of rotatable bonds is 7. The van der Waals surface area contributed by atoms with Gasteiger partial charge in [0.15, 0.2) is 0 Å². The number of hydrogen-bond acceptors (Lipinski definition) is 3. The van der Waals surface area contributed by atoms with Crippen LogP contribution in [0.2, 0.25) is 0 Å². The van der Waals surface area contributed by atoms with Gasteiger partial charge in [-0.3, -0.25) is 4.79 Å². The lowest BCUT2D eigenvalue weighted by Gasteiger charge is -2.13. The molecule has 6 heteroatoms. The second-order valence-corrected chi connectivity index (χ2v) is 6.06. The highest BCUT2D eigenvalue weighted by molar-refractivity contribution is 6.04. The molecule has 1 N–H and O–H groups in total. The third-order valence-corrected chi connectivity index (χ3v) is 4.11. The molecule has 0 radical (unpaired) electrons. The smallest absolute Gasteiger partial charge is 0.387 e. The Morgan fingerprint density at radius 3 is 2.36 bits per heavy atom. The first kappa shape index (κ1) is 19.4. The number of halogens is 2. The van der Waals surface area contributed by atoms with E-state index in [9.17, 15) is 13.6 Å². The molecule has 0 aliphatic heterocycles. The number of hydrogen-bond donors (Lipinski definition) is 1. The van der Waals surface area contributed by atoms with Crippen LogP contribution >= 0.6 is 0 Å². The summed E-state index contributed by atoms with van der Waals surface area (Å²) in [4.78, 5) is 12.5. The maximum atomic E-state index is 12.5. The van der Waals surface area contributed by atoms with Crippen LogP contribution in [0, 0.1) is 6.92 Å². The number of alkyl halides is 2. The number of ether oxygens (including phenoxy) is 2. The van der Waals surface area contributed by atoms with Crippen LogP contribution in [0.1, 0.15) is 21.5 Å². The van der Waals surface area contributed by atoms with Gasteiger partial charge in [0.25, 0.3) is 5.91 Å². The van der Waals surface area contributed by atoms with Crippen molar-refractivity contribution in [1.29, 1.82) is 0 Å². The Hall–Kier alpha value is -3.41. The molecule has 28 heavy (non-hydrogen) atoms. The minimum Gasteiger partial charge on any atom is -0.489 e. The van der Waals surface area contributed by atoms with Gasteiger partial charge in [0.05, 0.1) is 0 Å². The minimum absolute atomic E-state index is 0.0289. The number of carbonyl (C=O) groups is 1. The van der Waals surface area contributed by atoms with Crippen molar-refractivity contribution in [2.24, 2.45) is 0 Å². The molecule has 3 rings (SSSR count). The zero-order valence-electron chi connectivity index (χ0n) is 15.2. The Kier molecular flexibility index (Phi) is 6.22. The second-order valence-electron chi connectivity index (χ2n) is 6.06. The molecule has 0 unspecified atom stereocenters. The molecule has 0 heterocycles. The van der Waals surface area contributed by atoms with E-state index in [1.165, 1.54) is 6.07 Å². The Balaban J connectivity index is 1.63.